The Morgan fingerprint density at radius 2 is 1.75 bits per heavy atom. The first kappa shape index (κ1) is 21.9. The minimum Gasteiger partial charge on any atom is -0.493 e. The van der Waals surface area contributed by atoms with Crippen LogP contribution in [0.5, 0.6) is 11.5 Å². The van der Waals surface area contributed by atoms with Gasteiger partial charge in [0.2, 0.25) is 5.91 Å². The first-order valence-electron chi connectivity index (χ1n) is 10.8. The molecule has 1 aliphatic heterocycles. The molecule has 2 aromatic rings. The van der Waals surface area contributed by atoms with Crippen LogP contribution in [0, 0.1) is 5.82 Å². The summed E-state index contributed by atoms with van der Waals surface area (Å²) in [5.74, 6) is 0.631. The number of ether oxygens (including phenoxy) is 2. The molecule has 0 aromatic heterocycles. The van der Waals surface area contributed by atoms with Crippen molar-refractivity contribution in [1.82, 2.24) is 15.5 Å². The molecule has 4 rings (SSSR count). The first-order valence-corrected chi connectivity index (χ1v) is 10.8. The number of amides is 3. The van der Waals surface area contributed by atoms with Crippen molar-refractivity contribution in [2.75, 3.05) is 20.8 Å². The van der Waals surface area contributed by atoms with Crippen LogP contribution < -0.4 is 20.1 Å². The molecule has 2 N–H and O–H groups in total. The topological polar surface area (TPSA) is 79.9 Å². The molecule has 170 valence electrons. The molecule has 1 aliphatic carbocycles. The van der Waals surface area contributed by atoms with Gasteiger partial charge in [-0.1, -0.05) is 12.1 Å². The highest BCUT2D eigenvalue weighted by atomic mass is 19.1. The lowest BCUT2D eigenvalue weighted by molar-refractivity contribution is -0.122. The van der Waals surface area contributed by atoms with E-state index in [-0.39, 0.29) is 23.8 Å². The van der Waals surface area contributed by atoms with Crippen molar-refractivity contribution < 1.29 is 23.5 Å². The van der Waals surface area contributed by atoms with Gasteiger partial charge in [-0.05, 0) is 67.1 Å². The molecule has 3 amide bonds. The fourth-order valence-corrected chi connectivity index (χ4v) is 4.06. The number of benzene rings is 2. The summed E-state index contributed by atoms with van der Waals surface area (Å²) in [4.78, 5) is 27.3. The van der Waals surface area contributed by atoms with Gasteiger partial charge < -0.3 is 25.0 Å². The van der Waals surface area contributed by atoms with Gasteiger partial charge in [0.25, 0.3) is 0 Å². The highest BCUT2D eigenvalue weighted by Gasteiger charge is 2.35. The molecule has 32 heavy (non-hydrogen) atoms. The van der Waals surface area contributed by atoms with Gasteiger partial charge in [0.1, 0.15) is 11.9 Å². The lowest BCUT2D eigenvalue weighted by Gasteiger charge is -2.38. The first-order chi connectivity index (χ1) is 15.4. The number of carbonyl (C=O) groups excluding carboxylic acids is 2. The van der Waals surface area contributed by atoms with E-state index in [4.69, 9.17) is 9.47 Å². The van der Waals surface area contributed by atoms with Crippen LogP contribution in [0.1, 0.15) is 42.5 Å². The van der Waals surface area contributed by atoms with Crippen LogP contribution >= 0.6 is 0 Å². The second-order valence-electron chi connectivity index (χ2n) is 8.26. The van der Waals surface area contributed by atoms with Gasteiger partial charge in [-0.2, -0.15) is 0 Å². The SMILES string of the molecule is COc1cc2c(cc1OC)C(c1ccc(F)cc1)N(C(=O)NC(C)C(=O)NC1CC1)CC2. The number of hydrogen-bond donors (Lipinski definition) is 2. The maximum Gasteiger partial charge on any atom is 0.318 e. The number of halogens is 1. The molecule has 2 atom stereocenters. The zero-order valence-corrected chi connectivity index (χ0v) is 18.5. The summed E-state index contributed by atoms with van der Waals surface area (Å²) < 4.78 is 24.5. The normalized spacial score (nSPS) is 18.4. The van der Waals surface area contributed by atoms with E-state index in [0.29, 0.717) is 24.5 Å². The number of fused-ring (bicyclic) bond motifs is 1. The largest absolute Gasteiger partial charge is 0.493 e. The van der Waals surface area contributed by atoms with Crippen LogP contribution in [0.15, 0.2) is 36.4 Å². The molecule has 0 radical (unpaired) electrons. The lowest BCUT2D eigenvalue weighted by Crippen LogP contribution is -2.52. The zero-order chi connectivity index (χ0) is 22.8. The van der Waals surface area contributed by atoms with Crippen molar-refractivity contribution in [3.63, 3.8) is 0 Å². The average molecular weight is 442 g/mol. The monoisotopic (exact) mass is 441 g/mol. The number of nitrogens with one attached hydrogen (secondary N) is 2. The highest BCUT2D eigenvalue weighted by molar-refractivity contribution is 5.87. The standard InChI is InChI=1S/C24H28FN3O4/c1-14(23(29)27-18-8-9-18)26-24(30)28-11-10-16-12-20(31-2)21(32-3)13-19(16)22(28)15-4-6-17(25)7-5-15/h4-7,12-14,18,22H,8-11H2,1-3H3,(H,26,30)(H,27,29). The van der Waals surface area contributed by atoms with E-state index in [1.54, 1.807) is 38.2 Å². The summed E-state index contributed by atoms with van der Waals surface area (Å²) in [6.45, 7) is 2.11. The predicted octanol–water partition coefficient (Wildman–Crippen LogP) is 3.17. The molecule has 8 heteroatoms. The summed E-state index contributed by atoms with van der Waals surface area (Å²) in [6.07, 6.45) is 2.57. The summed E-state index contributed by atoms with van der Waals surface area (Å²) in [5.41, 5.74) is 2.68. The molecule has 2 aliphatic rings. The van der Waals surface area contributed by atoms with Crippen LogP contribution in [0.3, 0.4) is 0 Å². The van der Waals surface area contributed by atoms with Gasteiger partial charge in [0.15, 0.2) is 11.5 Å². The van der Waals surface area contributed by atoms with Crippen molar-refractivity contribution in [3.05, 3.63) is 58.9 Å². The van der Waals surface area contributed by atoms with Crippen molar-refractivity contribution in [1.29, 1.82) is 0 Å². The highest BCUT2D eigenvalue weighted by Crippen LogP contribution is 2.41. The summed E-state index contributed by atoms with van der Waals surface area (Å²) in [5, 5.41) is 5.73. The van der Waals surface area contributed by atoms with Gasteiger partial charge in [0.05, 0.1) is 20.3 Å². The van der Waals surface area contributed by atoms with E-state index in [0.717, 1.165) is 29.5 Å². The van der Waals surface area contributed by atoms with Gasteiger partial charge in [-0.15, -0.1) is 0 Å². The molecule has 1 saturated carbocycles. The third-order valence-electron chi connectivity index (χ3n) is 5.98. The van der Waals surface area contributed by atoms with Crippen LogP contribution in [0.2, 0.25) is 0 Å². The Balaban J connectivity index is 1.66. The zero-order valence-electron chi connectivity index (χ0n) is 18.5. The summed E-state index contributed by atoms with van der Waals surface area (Å²) >= 11 is 0. The summed E-state index contributed by atoms with van der Waals surface area (Å²) in [7, 11) is 3.14. The molecule has 0 bridgehead atoms. The third kappa shape index (κ3) is 4.49. The van der Waals surface area contributed by atoms with Crippen molar-refractivity contribution in [2.45, 2.75) is 44.3 Å². The lowest BCUT2D eigenvalue weighted by atomic mass is 9.88. The molecule has 0 spiro atoms. The fourth-order valence-electron chi connectivity index (χ4n) is 4.06. The predicted molar refractivity (Wildman–Crippen MR) is 117 cm³/mol. The molecule has 7 nitrogen and oxygen atoms in total. The fraction of sp³-hybridized carbons (Fsp3) is 0.417. The van der Waals surface area contributed by atoms with Gasteiger partial charge in [-0.3, -0.25) is 4.79 Å². The number of rotatable bonds is 6. The summed E-state index contributed by atoms with van der Waals surface area (Å²) in [6, 6.07) is 8.65. The number of carbonyl (C=O) groups is 2. The molecule has 2 aromatic carbocycles. The van der Waals surface area contributed by atoms with Gasteiger partial charge in [-0.25, -0.2) is 9.18 Å². The van der Waals surface area contributed by atoms with Crippen LogP contribution in [0.25, 0.3) is 0 Å². The quantitative estimate of drug-likeness (QED) is 0.722. The van der Waals surface area contributed by atoms with Crippen molar-refractivity contribution in [3.8, 4) is 11.5 Å². The number of methoxy groups -OCH3 is 2. The molecule has 1 heterocycles. The Bertz CT molecular complexity index is 1010. The Morgan fingerprint density at radius 1 is 1.09 bits per heavy atom. The average Bonchev–Trinajstić information content (AvgIpc) is 3.61. The Labute approximate surface area is 186 Å². The number of urea groups is 1. The minimum atomic E-state index is -0.663. The molecule has 1 fully saturated rings. The number of nitrogens with zero attached hydrogens (tertiary/aromatic N) is 1. The van der Waals surface area contributed by atoms with Gasteiger partial charge >= 0.3 is 6.03 Å². The maximum absolute atomic E-state index is 13.6. The molecule has 2 unspecified atom stereocenters. The van der Waals surface area contributed by atoms with Crippen LogP contribution in [0.4, 0.5) is 9.18 Å². The second kappa shape index (κ2) is 9.06. The minimum absolute atomic E-state index is 0.192. The molecular formula is C24H28FN3O4. The molecular weight excluding hydrogens is 413 g/mol. The Kier molecular flexibility index (Phi) is 6.21. The smallest absolute Gasteiger partial charge is 0.318 e. The third-order valence-corrected chi connectivity index (χ3v) is 5.98. The van der Waals surface area contributed by atoms with Crippen molar-refractivity contribution >= 4 is 11.9 Å². The van der Waals surface area contributed by atoms with E-state index >= 15 is 0 Å². The second-order valence-corrected chi connectivity index (χ2v) is 8.26. The van der Waals surface area contributed by atoms with E-state index < -0.39 is 12.1 Å². The Hall–Kier alpha value is -3.29. The van der Waals surface area contributed by atoms with Crippen LogP contribution in [-0.2, 0) is 11.2 Å². The Morgan fingerprint density at radius 3 is 2.38 bits per heavy atom. The molecule has 0 saturated heterocycles. The number of hydrogen-bond acceptors (Lipinski definition) is 4. The van der Waals surface area contributed by atoms with Gasteiger partial charge in [0, 0.05) is 12.6 Å². The van der Waals surface area contributed by atoms with Crippen molar-refractivity contribution in [2.24, 2.45) is 0 Å². The van der Waals surface area contributed by atoms with E-state index in [1.165, 1.54) is 12.1 Å². The van der Waals surface area contributed by atoms with Crippen LogP contribution in [-0.4, -0.2) is 49.7 Å². The maximum atomic E-state index is 13.6. The van der Waals surface area contributed by atoms with E-state index in [2.05, 4.69) is 10.6 Å². The van der Waals surface area contributed by atoms with E-state index in [9.17, 15) is 14.0 Å². The van der Waals surface area contributed by atoms with E-state index in [1.807, 2.05) is 12.1 Å².